The van der Waals surface area contributed by atoms with Crippen molar-refractivity contribution in [1.82, 2.24) is 9.78 Å². The summed E-state index contributed by atoms with van der Waals surface area (Å²) in [4.78, 5) is 24.9. The summed E-state index contributed by atoms with van der Waals surface area (Å²) in [5.74, 6) is -0.546. The van der Waals surface area contributed by atoms with Crippen LogP contribution >= 0.6 is 0 Å². The van der Waals surface area contributed by atoms with Crippen LogP contribution < -0.4 is 4.74 Å². The van der Waals surface area contributed by atoms with Crippen LogP contribution in [0.15, 0.2) is 54.7 Å². The van der Waals surface area contributed by atoms with Gasteiger partial charge in [0.1, 0.15) is 0 Å². The second-order valence-electron chi connectivity index (χ2n) is 6.37. The lowest BCUT2D eigenvalue weighted by atomic mass is 10.0. The molecule has 1 heterocycles. The molecule has 0 unspecified atom stereocenters. The Bertz CT molecular complexity index is 993. The average molecular weight is 378 g/mol. The van der Waals surface area contributed by atoms with Gasteiger partial charge in [0, 0.05) is 5.56 Å². The average Bonchev–Trinajstić information content (AvgIpc) is 3.13. The van der Waals surface area contributed by atoms with Gasteiger partial charge in [-0.3, -0.25) is 4.79 Å². The van der Waals surface area contributed by atoms with Gasteiger partial charge < -0.3 is 9.47 Å². The molecular weight excluding hydrogens is 356 g/mol. The van der Waals surface area contributed by atoms with E-state index >= 15 is 0 Å². The Kier molecular flexibility index (Phi) is 5.89. The van der Waals surface area contributed by atoms with Crippen LogP contribution in [0.2, 0.25) is 0 Å². The van der Waals surface area contributed by atoms with Crippen LogP contribution in [0.3, 0.4) is 0 Å². The van der Waals surface area contributed by atoms with E-state index in [-0.39, 0.29) is 30.4 Å². The third-order valence-corrected chi connectivity index (χ3v) is 4.22. The predicted molar refractivity (Wildman–Crippen MR) is 105 cm³/mol. The minimum Gasteiger partial charge on any atom is -0.481 e. The minimum absolute atomic E-state index is 0.0412. The number of nitrogens with zero attached hydrogens (tertiary/aromatic N) is 2. The van der Waals surface area contributed by atoms with Gasteiger partial charge in [-0.05, 0) is 44.5 Å². The Hall–Kier alpha value is -3.41. The molecule has 0 spiro atoms. The van der Waals surface area contributed by atoms with Gasteiger partial charge in [0.15, 0.2) is 18.1 Å². The lowest BCUT2D eigenvalue weighted by Crippen LogP contribution is -2.15. The number of ether oxygens (including phenoxy) is 2. The summed E-state index contributed by atoms with van der Waals surface area (Å²) in [6.45, 7) is 5.55. The first-order valence-corrected chi connectivity index (χ1v) is 9.05. The van der Waals surface area contributed by atoms with Crippen LogP contribution in [0.5, 0.6) is 5.75 Å². The molecule has 3 rings (SSSR count). The standard InChI is InChI=1S/C22H22N2O4/c1-4-27-22(26)21-20(13-24(23-21)17-8-6-5-7-9-17)28-14-19(25)18-12-15(2)10-11-16(18)3/h5-13H,4,14H2,1-3H3. The number of esters is 1. The number of hydrogen-bond acceptors (Lipinski definition) is 5. The molecule has 144 valence electrons. The molecule has 1 aromatic heterocycles. The third kappa shape index (κ3) is 4.28. The zero-order valence-electron chi connectivity index (χ0n) is 16.1. The Morgan fingerprint density at radius 3 is 2.54 bits per heavy atom. The van der Waals surface area contributed by atoms with Gasteiger partial charge in [0.25, 0.3) is 0 Å². The number of aromatic nitrogens is 2. The maximum absolute atomic E-state index is 12.6. The van der Waals surface area contributed by atoms with Gasteiger partial charge in [-0.15, -0.1) is 0 Å². The highest BCUT2D eigenvalue weighted by Crippen LogP contribution is 2.22. The van der Waals surface area contributed by atoms with Crippen LogP contribution in [0.4, 0.5) is 0 Å². The first kappa shape index (κ1) is 19.4. The highest BCUT2D eigenvalue weighted by Gasteiger charge is 2.21. The molecule has 0 amide bonds. The molecule has 0 aliphatic carbocycles. The Labute approximate surface area is 163 Å². The van der Waals surface area contributed by atoms with Crippen molar-refractivity contribution in [3.05, 3.63) is 77.1 Å². The van der Waals surface area contributed by atoms with E-state index in [1.165, 1.54) is 4.68 Å². The van der Waals surface area contributed by atoms with E-state index in [0.717, 1.165) is 16.8 Å². The van der Waals surface area contributed by atoms with E-state index in [0.29, 0.717) is 5.56 Å². The van der Waals surface area contributed by atoms with Crippen molar-refractivity contribution in [1.29, 1.82) is 0 Å². The van der Waals surface area contributed by atoms with E-state index in [9.17, 15) is 9.59 Å². The normalized spacial score (nSPS) is 10.5. The molecule has 0 fully saturated rings. The smallest absolute Gasteiger partial charge is 0.362 e. The molecule has 0 radical (unpaired) electrons. The van der Waals surface area contributed by atoms with Gasteiger partial charge in [-0.25, -0.2) is 9.48 Å². The number of carbonyl (C=O) groups excluding carboxylic acids is 2. The van der Waals surface area contributed by atoms with E-state index in [2.05, 4.69) is 5.10 Å². The van der Waals surface area contributed by atoms with Gasteiger partial charge >= 0.3 is 5.97 Å². The number of carbonyl (C=O) groups is 2. The van der Waals surface area contributed by atoms with Crippen molar-refractivity contribution in [3.8, 4) is 11.4 Å². The van der Waals surface area contributed by atoms with Gasteiger partial charge in [-0.1, -0.05) is 35.9 Å². The molecule has 0 atom stereocenters. The summed E-state index contributed by atoms with van der Waals surface area (Å²) >= 11 is 0. The molecule has 3 aromatic rings. The van der Waals surface area contributed by atoms with Crippen molar-refractivity contribution in [3.63, 3.8) is 0 Å². The molecular formula is C22H22N2O4. The zero-order valence-corrected chi connectivity index (χ0v) is 16.1. The van der Waals surface area contributed by atoms with Crippen LogP contribution in [-0.2, 0) is 4.74 Å². The van der Waals surface area contributed by atoms with Crippen molar-refractivity contribution >= 4 is 11.8 Å². The van der Waals surface area contributed by atoms with E-state index < -0.39 is 5.97 Å². The molecule has 0 saturated heterocycles. The largest absolute Gasteiger partial charge is 0.481 e. The van der Waals surface area contributed by atoms with Crippen molar-refractivity contribution < 1.29 is 19.1 Å². The van der Waals surface area contributed by atoms with Crippen LogP contribution in [0.1, 0.15) is 38.9 Å². The first-order chi connectivity index (χ1) is 13.5. The highest BCUT2D eigenvalue weighted by molar-refractivity contribution is 5.99. The van der Waals surface area contributed by atoms with E-state index in [1.807, 2.05) is 62.4 Å². The number of ketones is 1. The lowest BCUT2D eigenvalue weighted by Gasteiger charge is -2.08. The molecule has 28 heavy (non-hydrogen) atoms. The Balaban J connectivity index is 1.85. The number of aryl methyl sites for hydroxylation is 2. The van der Waals surface area contributed by atoms with E-state index in [4.69, 9.17) is 9.47 Å². The van der Waals surface area contributed by atoms with Gasteiger partial charge in [-0.2, -0.15) is 5.10 Å². The monoisotopic (exact) mass is 378 g/mol. The third-order valence-electron chi connectivity index (χ3n) is 4.22. The van der Waals surface area contributed by atoms with Gasteiger partial charge in [0.2, 0.25) is 5.69 Å². The van der Waals surface area contributed by atoms with Crippen molar-refractivity contribution in [2.45, 2.75) is 20.8 Å². The molecule has 6 heteroatoms. The number of hydrogen-bond donors (Lipinski definition) is 0. The molecule has 6 nitrogen and oxygen atoms in total. The fraction of sp³-hybridized carbons (Fsp3) is 0.227. The fourth-order valence-corrected chi connectivity index (χ4v) is 2.77. The number of Topliss-reactive ketones (excluding diaryl/α,β-unsaturated/α-hetero) is 1. The minimum atomic E-state index is -0.591. The summed E-state index contributed by atoms with van der Waals surface area (Å²) in [6.07, 6.45) is 1.58. The molecule has 0 aliphatic rings. The van der Waals surface area contributed by atoms with Gasteiger partial charge in [0.05, 0.1) is 18.5 Å². The number of benzene rings is 2. The van der Waals surface area contributed by atoms with Crippen LogP contribution in [0.25, 0.3) is 5.69 Å². The SMILES string of the molecule is CCOC(=O)c1nn(-c2ccccc2)cc1OCC(=O)c1cc(C)ccc1C. The van der Waals surface area contributed by atoms with Crippen molar-refractivity contribution in [2.75, 3.05) is 13.2 Å². The molecule has 2 aromatic carbocycles. The summed E-state index contributed by atoms with van der Waals surface area (Å²) in [5.41, 5.74) is 3.29. The lowest BCUT2D eigenvalue weighted by molar-refractivity contribution is 0.0513. The zero-order chi connectivity index (χ0) is 20.1. The molecule has 0 bridgehead atoms. The van der Waals surface area contributed by atoms with Crippen molar-refractivity contribution in [2.24, 2.45) is 0 Å². The predicted octanol–water partition coefficient (Wildman–Crippen LogP) is 3.93. The quantitative estimate of drug-likeness (QED) is 0.460. The first-order valence-electron chi connectivity index (χ1n) is 9.05. The molecule has 0 N–H and O–H groups in total. The highest BCUT2D eigenvalue weighted by atomic mass is 16.5. The maximum atomic E-state index is 12.6. The second-order valence-corrected chi connectivity index (χ2v) is 6.37. The fourth-order valence-electron chi connectivity index (χ4n) is 2.77. The number of rotatable bonds is 7. The molecule has 0 saturated carbocycles. The summed E-state index contributed by atoms with van der Waals surface area (Å²) in [6, 6.07) is 15.0. The van der Waals surface area contributed by atoms with Crippen LogP contribution in [-0.4, -0.2) is 34.7 Å². The topological polar surface area (TPSA) is 70.4 Å². The Morgan fingerprint density at radius 2 is 1.82 bits per heavy atom. The summed E-state index contributed by atoms with van der Waals surface area (Å²) in [5, 5.41) is 4.29. The van der Waals surface area contributed by atoms with Crippen LogP contribution in [0, 0.1) is 13.8 Å². The second kappa shape index (κ2) is 8.52. The molecule has 0 aliphatic heterocycles. The Morgan fingerprint density at radius 1 is 1.07 bits per heavy atom. The maximum Gasteiger partial charge on any atom is 0.362 e. The van der Waals surface area contributed by atoms with E-state index in [1.54, 1.807) is 13.1 Å². The summed E-state index contributed by atoms with van der Waals surface area (Å²) < 4.78 is 12.3. The summed E-state index contributed by atoms with van der Waals surface area (Å²) in [7, 11) is 0. The number of para-hydroxylation sites is 1.